The molecule has 2 rings (SSSR count). The largest absolute Gasteiger partial charge is 0.456 e. The number of ether oxygens (including phenoxy) is 1. The molecule has 0 amide bonds. The summed E-state index contributed by atoms with van der Waals surface area (Å²) in [5.41, 5.74) is 6.84. The Morgan fingerprint density at radius 1 is 1.11 bits per heavy atom. The normalized spacial score (nSPS) is 12.3. The number of rotatable bonds is 3. The average Bonchev–Trinajstić information content (AvgIpc) is 2.32. The number of halogens is 3. The second-order valence-corrected chi connectivity index (χ2v) is 5.86. The summed E-state index contributed by atoms with van der Waals surface area (Å²) in [7, 11) is 0. The molecule has 0 fully saturated rings. The Labute approximate surface area is 128 Å². The second-order valence-electron chi connectivity index (χ2n) is 4.15. The lowest BCUT2D eigenvalue weighted by molar-refractivity contribution is 0.476. The van der Waals surface area contributed by atoms with Gasteiger partial charge in [-0.15, -0.1) is 0 Å². The molecule has 1 atom stereocenters. The van der Waals surface area contributed by atoms with Crippen LogP contribution in [0.5, 0.6) is 11.5 Å². The lowest BCUT2D eigenvalue weighted by atomic mass is 10.1. The van der Waals surface area contributed by atoms with Crippen molar-refractivity contribution < 1.29 is 9.13 Å². The molecule has 100 valence electrons. The van der Waals surface area contributed by atoms with Gasteiger partial charge in [0, 0.05) is 10.5 Å². The second kappa shape index (κ2) is 6.03. The van der Waals surface area contributed by atoms with Crippen LogP contribution in [0.1, 0.15) is 18.5 Å². The molecule has 0 aromatic heterocycles. The zero-order chi connectivity index (χ0) is 14.0. The Balaban J connectivity index is 2.26. The van der Waals surface area contributed by atoms with Crippen molar-refractivity contribution in [3.8, 4) is 11.5 Å². The standard InChI is InChI=1S/C14H12Br2FNO/c1-8(18)11-4-3-10(7-12(11)15)19-14-5-2-9(17)6-13(14)16/h2-8H,18H2,1H3/t8-/m0/s1. The molecule has 5 heteroatoms. The summed E-state index contributed by atoms with van der Waals surface area (Å²) in [6, 6.07) is 9.81. The van der Waals surface area contributed by atoms with Crippen molar-refractivity contribution in [3.05, 3.63) is 56.7 Å². The van der Waals surface area contributed by atoms with Crippen molar-refractivity contribution in [3.63, 3.8) is 0 Å². The molecule has 0 saturated heterocycles. The van der Waals surface area contributed by atoms with Gasteiger partial charge < -0.3 is 10.5 Å². The predicted octanol–water partition coefficient (Wildman–Crippen LogP) is 5.16. The van der Waals surface area contributed by atoms with E-state index in [4.69, 9.17) is 10.5 Å². The van der Waals surface area contributed by atoms with Crippen molar-refractivity contribution in [1.29, 1.82) is 0 Å². The van der Waals surface area contributed by atoms with Crippen LogP contribution in [-0.4, -0.2) is 0 Å². The fraction of sp³-hybridized carbons (Fsp3) is 0.143. The van der Waals surface area contributed by atoms with Crippen LogP contribution >= 0.6 is 31.9 Å². The molecule has 0 saturated carbocycles. The van der Waals surface area contributed by atoms with Crippen LogP contribution in [0, 0.1) is 5.82 Å². The fourth-order valence-electron chi connectivity index (χ4n) is 1.63. The van der Waals surface area contributed by atoms with Crippen LogP contribution in [0.3, 0.4) is 0 Å². The minimum atomic E-state index is -0.312. The molecule has 0 unspecified atom stereocenters. The van der Waals surface area contributed by atoms with E-state index in [2.05, 4.69) is 31.9 Å². The highest BCUT2D eigenvalue weighted by Gasteiger charge is 2.08. The Hall–Kier alpha value is -0.910. The Morgan fingerprint density at radius 2 is 1.84 bits per heavy atom. The van der Waals surface area contributed by atoms with Crippen LogP contribution in [0.2, 0.25) is 0 Å². The van der Waals surface area contributed by atoms with Gasteiger partial charge in [-0.1, -0.05) is 22.0 Å². The third-order valence-electron chi connectivity index (χ3n) is 2.58. The first kappa shape index (κ1) is 14.5. The SMILES string of the molecule is C[C@H](N)c1ccc(Oc2ccc(F)cc2Br)cc1Br. The highest BCUT2D eigenvalue weighted by atomic mass is 79.9. The summed E-state index contributed by atoms with van der Waals surface area (Å²) in [5.74, 6) is 0.901. The van der Waals surface area contributed by atoms with E-state index in [1.165, 1.54) is 12.1 Å². The minimum absolute atomic E-state index is 0.0546. The highest BCUT2D eigenvalue weighted by molar-refractivity contribution is 9.10. The van der Waals surface area contributed by atoms with Crippen LogP contribution in [0.25, 0.3) is 0 Å². The van der Waals surface area contributed by atoms with Gasteiger partial charge in [-0.2, -0.15) is 0 Å². The van der Waals surface area contributed by atoms with Gasteiger partial charge in [0.25, 0.3) is 0 Å². The summed E-state index contributed by atoms with van der Waals surface area (Å²) in [5, 5.41) is 0. The van der Waals surface area contributed by atoms with E-state index in [0.29, 0.717) is 16.0 Å². The predicted molar refractivity (Wildman–Crippen MR) is 80.9 cm³/mol. The third kappa shape index (κ3) is 3.55. The average molecular weight is 389 g/mol. The van der Waals surface area contributed by atoms with Crippen LogP contribution in [0.15, 0.2) is 45.3 Å². The first-order chi connectivity index (χ1) is 8.97. The lowest BCUT2D eigenvalue weighted by Crippen LogP contribution is -2.05. The van der Waals surface area contributed by atoms with Gasteiger partial charge in [0.2, 0.25) is 0 Å². The molecule has 0 spiro atoms. The van der Waals surface area contributed by atoms with Crippen molar-refractivity contribution in [2.24, 2.45) is 5.73 Å². The molecule has 2 nitrogen and oxygen atoms in total. The Morgan fingerprint density at radius 3 is 2.42 bits per heavy atom. The molecule has 2 N–H and O–H groups in total. The number of benzene rings is 2. The maximum atomic E-state index is 13.0. The summed E-state index contributed by atoms with van der Waals surface area (Å²) < 4.78 is 20.1. The van der Waals surface area contributed by atoms with E-state index in [0.717, 1.165) is 10.0 Å². The first-order valence-electron chi connectivity index (χ1n) is 5.65. The van der Waals surface area contributed by atoms with E-state index >= 15 is 0 Å². The molecule has 0 aliphatic carbocycles. The summed E-state index contributed by atoms with van der Waals surface area (Å²) in [6.45, 7) is 1.91. The van der Waals surface area contributed by atoms with E-state index in [1.807, 2.05) is 25.1 Å². The van der Waals surface area contributed by atoms with E-state index in [9.17, 15) is 4.39 Å². The summed E-state index contributed by atoms with van der Waals surface area (Å²) in [4.78, 5) is 0. The van der Waals surface area contributed by atoms with E-state index in [-0.39, 0.29) is 11.9 Å². The molecule has 0 aliphatic rings. The molecular formula is C14H12Br2FNO. The fourth-order valence-corrected chi connectivity index (χ4v) is 2.78. The number of hydrogen-bond donors (Lipinski definition) is 1. The van der Waals surface area contributed by atoms with Crippen molar-refractivity contribution in [1.82, 2.24) is 0 Å². The maximum absolute atomic E-state index is 13.0. The molecule has 2 aromatic carbocycles. The van der Waals surface area contributed by atoms with Gasteiger partial charge in [-0.3, -0.25) is 0 Å². The number of hydrogen-bond acceptors (Lipinski definition) is 2. The number of nitrogens with two attached hydrogens (primary N) is 1. The maximum Gasteiger partial charge on any atom is 0.141 e. The van der Waals surface area contributed by atoms with Gasteiger partial charge in [0.05, 0.1) is 4.47 Å². The van der Waals surface area contributed by atoms with Crippen molar-refractivity contribution >= 4 is 31.9 Å². The molecule has 0 heterocycles. The van der Waals surface area contributed by atoms with Crippen LogP contribution < -0.4 is 10.5 Å². The Kier molecular flexibility index (Phi) is 4.60. The highest BCUT2D eigenvalue weighted by Crippen LogP contribution is 2.33. The van der Waals surface area contributed by atoms with Crippen LogP contribution in [-0.2, 0) is 0 Å². The van der Waals surface area contributed by atoms with Gasteiger partial charge in [-0.05, 0) is 58.7 Å². The third-order valence-corrected chi connectivity index (χ3v) is 3.89. The molecule has 0 aliphatic heterocycles. The van der Waals surface area contributed by atoms with Crippen molar-refractivity contribution in [2.45, 2.75) is 13.0 Å². The topological polar surface area (TPSA) is 35.2 Å². The molecule has 2 aromatic rings. The molecular weight excluding hydrogens is 377 g/mol. The lowest BCUT2D eigenvalue weighted by Gasteiger charge is -2.12. The molecule has 0 radical (unpaired) electrons. The zero-order valence-electron chi connectivity index (χ0n) is 10.2. The van der Waals surface area contributed by atoms with Gasteiger partial charge in [0.15, 0.2) is 0 Å². The van der Waals surface area contributed by atoms with Crippen LogP contribution in [0.4, 0.5) is 4.39 Å². The summed E-state index contributed by atoms with van der Waals surface area (Å²) in [6.07, 6.45) is 0. The summed E-state index contributed by atoms with van der Waals surface area (Å²) >= 11 is 6.72. The van der Waals surface area contributed by atoms with Crippen molar-refractivity contribution in [2.75, 3.05) is 0 Å². The molecule has 0 bridgehead atoms. The van der Waals surface area contributed by atoms with E-state index < -0.39 is 0 Å². The minimum Gasteiger partial charge on any atom is -0.456 e. The molecule has 19 heavy (non-hydrogen) atoms. The monoisotopic (exact) mass is 387 g/mol. The quantitative estimate of drug-likeness (QED) is 0.787. The van der Waals surface area contributed by atoms with E-state index in [1.54, 1.807) is 6.07 Å². The van der Waals surface area contributed by atoms with Gasteiger partial charge >= 0.3 is 0 Å². The smallest absolute Gasteiger partial charge is 0.141 e. The van der Waals surface area contributed by atoms with Gasteiger partial charge in [0.1, 0.15) is 17.3 Å². The van der Waals surface area contributed by atoms with Gasteiger partial charge in [-0.25, -0.2) is 4.39 Å². The first-order valence-corrected chi connectivity index (χ1v) is 7.24. The Bertz CT molecular complexity index is 602. The zero-order valence-corrected chi connectivity index (χ0v) is 13.3.